The van der Waals surface area contributed by atoms with E-state index in [1.165, 1.54) is 0 Å². The van der Waals surface area contributed by atoms with Gasteiger partial charge in [0.05, 0.1) is 0 Å². The Morgan fingerprint density at radius 1 is 1.22 bits per heavy atom. The van der Waals surface area contributed by atoms with Gasteiger partial charge in [-0.05, 0) is 5.53 Å². The third-order valence-corrected chi connectivity index (χ3v) is 1.99. The number of azide groups is 1. The van der Waals surface area contributed by atoms with Crippen LogP contribution < -0.4 is 5.32 Å². The van der Waals surface area contributed by atoms with Gasteiger partial charge in [-0.15, -0.1) is 0 Å². The first-order chi connectivity index (χ1) is 8.40. The number of rotatable bonds is 3. The predicted octanol–water partition coefficient (Wildman–Crippen LogP) is 2.82. The molecule has 0 aliphatic rings. The summed E-state index contributed by atoms with van der Waals surface area (Å²) in [6, 6.07) is 0. The highest BCUT2D eigenvalue weighted by Crippen LogP contribution is 2.30. The average Bonchev–Trinajstić information content (AvgIpc) is 2.32. The van der Waals surface area contributed by atoms with Crippen molar-refractivity contribution in [3.05, 3.63) is 39.3 Å². The lowest BCUT2D eigenvalue weighted by Gasteiger charge is -2.09. The fraction of sp³-hybridized carbons (Fsp3) is 0.222. The molecule has 1 N–H and O–H groups in total. The predicted molar refractivity (Wildman–Crippen MR) is 52.6 cm³/mol. The van der Waals surface area contributed by atoms with Gasteiger partial charge < -0.3 is 5.32 Å². The normalized spacial score (nSPS) is 9.83. The number of nitrogens with zero attached hydrogens (tertiary/aromatic N) is 3. The molecule has 0 radical (unpaired) electrons. The summed E-state index contributed by atoms with van der Waals surface area (Å²) in [6.07, 6.45) is 0. The molecule has 96 valence electrons. The zero-order valence-electron chi connectivity index (χ0n) is 8.97. The molecule has 0 aliphatic carbocycles. The highest BCUT2D eigenvalue weighted by Gasteiger charge is 2.24. The van der Waals surface area contributed by atoms with Gasteiger partial charge in [-0.3, -0.25) is 4.79 Å². The zero-order valence-corrected chi connectivity index (χ0v) is 8.97. The van der Waals surface area contributed by atoms with E-state index >= 15 is 0 Å². The van der Waals surface area contributed by atoms with Crippen LogP contribution in [0.15, 0.2) is 5.11 Å². The summed E-state index contributed by atoms with van der Waals surface area (Å²) in [7, 11) is 0. The van der Waals surface area contributed by atoms with E-state index in [4.69, 9.17) is 5.53 Å². The van der Waals surface area contributed by atoms with Gasteiger partial charge in [0.25, 0.3) is 0 Å². The number of halogens is 4. The summed E-state index contributed by atoms with van der Waals surface area (Å²) in [5.74, 6) is -7.69. The van der Waals surface area contributed by atoms with Crippen molar-refractivity contribution >= 4 is 11.6 Å². The van der Waals surface area contributed by atoms with Crippen molar-refractivity contribution in [1.29, 1.82) is 0 Å². The second-order valence-corrected chi connectivity index (χ2v) is 3.18. The maximum atomic E-state index is 13.4. The van der Waals surface area contributed by atoms with E-state index in [9.17, 15) is 22.4 Å². The summed E-state index contributed by atoms with van der Waals surface area (Å²) in [5.41, 5.74) is 5.64. The van der Waals surface area contributed by atoms with Gasteiger partial charge in [-0.2, -0.15) is 0 Å². The summed E-state index contributed by atoms with van der Waals surface area (Å²) >= 11 is 0. The fourth-order valence-electron chi connectivity index (χ4n) is 1.17. The van der Waals surface area contributed by atoms with Crippen molar-refractivity contribution in [2.45, 2.75) is 13.5 Å². The minimum absolute atomic E-state index is 0.631. The molecule has 1 rings (SSSR count). The van der Waals surface area contributed by atoms with Crippen LogP contribution in [0.1, 0.15) is 12.5 Å². The molecular weight excluding hydrogens is 256 g/mol. The Balaban J connectivity index is 3.38. The Labute approximate surface area is 98.0 Å². The van der Waals surface area contributed by atoms with E-state index in [1.54, 1.807) is 0 Å². The Morgan fingerprint density at radius 2 is 1.72 bits per heavy atom. The molecule has 0 bridgehead atoms. The van der Waals surface area contributed by atoms with E-state index in [0.717, 1.165) is 6.92 Å². The van der Waals surface area contributed by atoms with Crippen LogP contribution in [0.25, 0.3) is 10.4 Å². The Kier molecular flexibility index (Phi) is 4.11. The second-order valence-electron chi connectivity index (χ2n) is 3.18. The largest absolute Gasteiger partial charge is 0.352 e. The number of benzene rings is 1. The van der Waals surface area contributed by atoms with Gasteiger partial charge in [0.1, 0.15) is 5.69 Å². The van der Waals surface area contributed by atoms with Crippen molar-refractivity contribution in [2.24, 2.45) is 5.11 Å². The van der Waals surface area contributed by atoms with Crippen molar-refractivity contribution in [3.63, 3.8) is 0 Å². The van der Waals surface area contributed by atoms with Gasteiger partial charge in [0, 0.05) is 23.9 Å². The minimum Gasteiger partial charge on any atom is -0.352 e. The third-order valence-electron chi connectivity index (χ3n) is 1.99. The fourth-order valence-corrected chi connectivity index (χ4v) is 1.17. The maximum absolute atomic E-state index is 13.4. The molecule has 9 heteroatoms. The van der Waals surface area contributed by atoms with Gasteiger partial charge in [0.2, 0.25) is 5.91 Å². The summed E-state index contributed by atoms with van der Waals surface area (Å²) in [5, 5.41) is 4.52. The molecule has 0 saturated carbocycles. The molecule has 1 amide bonds. The van der Waals surface area contributed by atoms with Gasteiger partial charge in [0.15, 0.2) is 23.3 Å². The van der Waals surface area contributed by atoms with Gasteiger partial charge in [-0.25, -0.2) is 17.6 Å². The zero-order chi connectivity index (χ0) is 13.9. The highest BCUT2D eigenvalue weighted by atomic mass is 19.2. The number of carbonyl (C=O) groups is 1. The molecule has 0 aliphatic heterocycles. The minimum atomic E-state index is -1.81. The SMILES string of the molecule is CC(=O)NCc1c(F)c(F)c(N=[N+]=[N-])c(F)c1F. The van der Waals surface area contributed by atoms with E-state index in [0.29, 0.717) is 0 Å². The second kappa shape index (κ2) is 5.37. The molecule has 1 aromatic rings. The number of hydrogen-bond donors (Lipinski definition) is 1. The van der Waals surface area contributed by atoms with Gasteiger partial charge >= 0.3 is 0 Å². The number of nitrogens with one attached hydrogen (secondary N) is 1. The first-order valence-corrected chi connectivity index (χ1v) is 4.54. The topological polar surface area (TPSA) is 77.9 Å². The van der Waals surface area contributed by atoms with Crippen molar-refractivity contribution < 1.29 is 22.4 Å². The standard InChI is InChI=1S/C9H6F4N4O/c1-3(18)15-2-4-5(10)7(12)9(16-17-14)8(13)6(4)11/h2H2,1H3,(H,15,18). The first-order valence-electron chi connectivity index (χ1n) is 4.54. The summed E-state index contributed by atoms with van der Waals surface area (Å²) in [6.45, 7) is 0.342. The van der Waals surface area contributed by atoms with Crippen LogP contribution in [0, 0.1) is 23.3 Å². The summed E-state index contributed by atoms with van der Waals surface area (Å²) in [4.78, 5) is 12.6. The molecule has 0 saturated heterocycles. The van der Waals surface area contributed by atoms with Crippen molar-refractivity contribution in [1.82, 2.24) is 5.32 Å². The molecule has 0 fully saturated rings. The lowest BCUT2D eigenvalue weighted by Crippen LogP contribution is -2.21. The number of amides is 1. The van der Waals surface area contributed by atoms with E-state index < -0.39 is 47.0 Å². The molecular formula is C9H6F4N4O. The van der Waals surface area contributed by atoms with Crippen LogP contribution in [-0.2, 0) is 11.3 Å². The molecule has 0 spiro atoms. The first kappa shape index (κ1) is 13.8. The van der Waals surface area contributed by atoms with Crippen LogP contribution >= 0.6 is 0 Å². The molecule has 0 aromatic heterocycles. The summed E-state index contributed by atoms with van der Waals surface area (Å²) < 4.78 is 53.2. The lowest BCUT2D eigenvalue weighted by atomic mass is 10.1. The number of carbonyl (C=O) groups excluding carboxylic acids is 1. The van der Waals surface area contributed by atoms with E-state index in [1.807, 2.05) is 5.32 Å². The van der Waals surface area contributed by atoms with E-state index in [-0.39, 0.29) is 0 Å². The lowest BCUT2D eigenvalue weighted by molar-refractivity contribution is -0.119. The van der Waals surface area contributed by atoms with Gasteiger partial charge in [-0.1, -0.05) is 5.11 Å². The molecule has 0 heterocycles. The molecule has 0 unspecified atom stereocenters. The van der Waals surface area contributed by atoms with Crippen LogP contribution in [0.2, 0.25) is 0 Å². The third kappa shape index (κ3) is 2.51. The Morgan fingerprint density at radius 3 is 2.11 bits per heavy atom. The van der Waals surface area contributed by atoms with Crippen LogP contribution in [0.3, 0.4) is 0 Å². The van der Waals surface area contributed by atoms with Crippen LogP contribution in [-0.4, -0.2) is 5.91 Å². The number of hydrogen-bond acceptors (Lipinski definition) is 2. The molecule has 1 aromatic carbocycles. The molecule has 18 heavy (non-hydrogen) atoms. The van der Waals surface area contributed by atoms with Crippen molar-refractivity contribution in [2.75, 3.05) is 0 Å². The van der Waals surface area contributed by atoms with Crippen LogP contribution in [0.5, 0.6) is 0 Å². The average molecular weight is 262 g/mol. The quantitative estimate of drug-likeness (QED) is 0.293. The maximum Gasteiger partial charge on any atom is 0.217 e. The highest BCUT2D eigenvalue weighted by molar-refractivity contribution is 5.72. The molecule has 5 nitrogen and oxygen atoms in total. The Hall–Kier alpha value is -2.28. The van der Waals surface area contributed by atoms with Crippen molar-refractivity contribution in [3.8, 4) is 0 Å². The smallest absolute Gasteiger partial charge is 0.217 e. The van der Waals surface area contributed by atoms with Crippen LogP contribution in [0.4, 0.5) is 23.2 Å². The Bertz CT molecular complexity index is 525. The monoisotopic (exact) mass is 262 g/mol. The molecule has 0 atom stereocenters. The van der Waals surface area contributed by atoms with E-state index in [2.05, 4.69) is 10.0 Å².